The first-order valence-electron chi connectivity index (χ1n) is 6.51. The average molecular weight is 235 g/mol. The number of hydrogen-bond acceptors (Lipinski definition) is 2. The van der Waals surface area contributed by atoms with Gasteiger partial charge in [-0.2, -0.15) is 0 Å². The predicted molar refractivity (Wildman–Crippen MR) is 72.9 cm³/mol. The second kappa shape index (κ2) is 6.77. The van der Waals surface area contributed by atoms with Crippen molar-refractivity contribution >= 4 is 0 Å². The molecule has 0 saturated carbocycles. The van der Waals surface area contributed by atoms with Crippen molar-refractivity contribution in [3.63, 3.8) is 0 Å². The molecule has 17 heavy (non-hydrogen) atoms. The highest BCUT2D eigenvalue weighted by atomic mass is 16.3. The Morgan fingerprint density at radius 3 is 2.24 bits per heavy atom. The molecule has 0 amide bonds. The predicted octanol–water partition coefficient (Wildman–Crippen LogP) is 3.09. The molecule has 0 aromatic heterocycles. The molecule has 1 N–H and O–H groups in total. The van der Waals surface area contributed by atoms with Crippen LogP contribution in [0.5, 0.6) is 0 Å². The van der Waals surface area contributed by atoms with Crippen molar-refractivity contribution < 1.29 is 5.11 Å². The molecule has 0 aliphatic carbocycles. The van der Waals surface area contributed by atoms with Gasteiger partial charge in [0.25, 0.3) is 0 Å². The fourth-order valence-corrected chi connectivity index (χ4v) is 2.46. The van der Waals surface area contributed by atoms with E-state index in [0.717, 1.165) is 18.5 Å². The molecule has 0 aliphatic rings. The molecule has 0 spiro atoms. The summed E-state index contributed by atoms with van der Waals surface area (Å²) in [7, 11) is 2.10. The minimum absolute atomic E-state index is 0.178. The van der Waals surface area contributed by atoms with Crippen LogP contribution < -0.4 is 0 Å². The van der Waals surface area contributed by atoms with Gasteiger partial charge in [-0.3, -0.25) is 0 Å². The number of hydrogen-bond donors (Lipinski definition) is 1. The fourth-order valence-electron chi connectivity index (χ4n) is 2.46. The average Bonchev–Trinajstić information content (AvgIpc) is 2.30. The van der Waals surface area contributed by atoms with E-state index in [-0.39, 0.29) is 6.04 Å². The quantitative estimate of drug-likeness (QED) is 0.819. The van der Waals surface area contributed by atoms with Crippen LogP contribution >= 0.6 is 0 Å². The fraction of sp³-hybridized carbons (Fsp3) is 0.600. The van der Waals surface area contributed by atoms with Gasteiger partial charge >= 0.3 is 0 Å². The Bertz CT molecular complexity index is 310. The van der Waals surface area contributed by atoms with E-state index in [1.54, 1.807) is 0 Å². The van der Waals surface area contributed by atoms with Gasteiger partial charge in [-0.15, -0.1) is 0 Å². The molecule has 96 valence electrons. The van der Waals surface area contributed by atoms with Crippen LogP contribution in [-0.4, -0.2) is 29.6 Å². The molecule has 0 heterocycles. The van der Waals surface area contributed by atoms with Crippen molar-refractivity contribution in [2.45, 2.75) is 39.3 Å². The Morgan fingerprint density at radius 1 is 1.18 bits per heavy atom. The van der Waals surface area contributed by atoms with Crippen LogP contribution in [0.3, 0.4) is 0 Å². The highest BCUT2D eigenvalue weighted by Crippen LogP contribution is 2.25. The van der Waals surface area contributed by atoms with Crippen molar-refractivity contribution in [3.05, 3.63) is 35.9 Å². The van der Waals surface area contributed by atoms with E-state index in [4.69, 9.17) is 0 Å². The van der Waals surface area contributed by atoms with Gasteiger partial charge in [-0.05, 0) is 31.5 Å². The third kappa shape index (κ3) is 3.83. The van der Waals surface area contributed by atoms with Gasteiger partial charge < -0.3 is 10.0 Å². The molecular formula is C15H25NO. The molecule has 2 unspecified atom stereocenters. The summed E-state index contributed by atoms with van der Waals surface area (Å²) in [5, 5.41) is 10.5. The van der Waals surface area contributed by atoms with Crippen molar-refractivity contribution in [2.75, 3.05) is 13.6 Å². The highest BCUT2D eigenvalue weighted by molar-refractivity contribution is 5.19. The molecule has 1 aromatic carbocycles. The van der Waals surface area contributed by atoms with E-state index in [1.807, 2.05) is 30.3 Å². The Kier molecular flexibility index (Phi) is 5.66. The number of benzene rings is 1. The van der Waals surface area contributed by atoms with E-state index in [2.05, 4.69) is 32.7 Å². The molecule has 2 heteroatoms. The molecule has 2 atom stereocenters. The summed E-state index contributed by atoms with van der Waals surface area (Å²) in [6, 6.07) is 10.1. The van der Waals surface area contributed by atoms with E-state index in [9.17, 15) is 5.11 Å². The highest BCUT2D eigenvalue weighted by Gasteiger charge is 2.27. The normalized spacial score (nSPS) is 15.2. The van der Waals surface area contributed by atoms with Gasteiger partial charge in [0, 0.05) is 6.04 Å². The molecule has 0 saturated heterocycles. The van der Waals surface area contributed by atoms with Gasteiger partial charge in [0.15, 0.2) is 0 Å². The van der Waals surface area contributed by atoms with E-state index < -0.39 is 6.10 Å². The molecule has 0 radical (unpaired) electrons. The summed E-state index contributed by atoms with van der Waals surface area (Å²) in [6.07, 6.45) is 0.703. The first-order valence-corrected chi connectivity index (χ1v) is 6.51. The van der Waals surface area contributed by atoms with Crippen LogP contribution in [-0.2, 0) is 0 Å². The molecule has 2 nitrogen and oxygen atoms in total. The van der Waals surface area contributed by atoms with Crippen LogP contribution in [0.4, 0.5) is 0 Å². The zero-order chi connectivity index (χ0) is 12.8. The van der Waals surface area contributed by atoms with Gasteiger partial charge in [-0.25, -0.2) is 0 Å². The van der Waals surface area contributed by atoms with Crippen molar-refractivity contribution in [1.29, 1.82) is 0 Å². The Balaban J connectivity index is 2.84. The summed E-state index contributed by atoms with van der Waals surface area (Å²) >= 11 is 0. The number of nitrogens with zero attached hydrogens (tertiary/aromatic N) is 1. The summed E-state index contributed by atoms with van der Waals surface area (Å²) in [5.74, 6) is 0.432. The zero-order valence-electron chi connectivity index (χ0n) is 11.4. The summed E-state index contributed by atoms with van der Waals surface area (Å²) in [4.78, 5) is 2.27. The lowest BCUT2D eigenvalue weighted by molar-refractivity contribution is 0.0365. The third-order valence-corrected chi connectivity index (χ3v) is 3.23. The first-order chi connectivity index (χ1) is 8.07. The van der Waals surface area contributed by atoms with Crippen LogP contribution in [0.2, 0.25) is 0 Å². The first kappa shape index (κ1) is 14.2. The molecule has 0 bridgehead atoms. The van der Waals surface area contributed by atoms with Gasteiger partial charge in [-0.1, -0.05) is 51.1 Å². The molecule has 1 aromatic rings. The van der Waals surface area contributed by atoms with Gasteiger partial charge in [0.05, 0.1) is 6.10 Å². The van der Waals surface area contributed by atoms with Gasteiger partial charge in [0.1, 0.15) is 0 Å². The van der Waals surface area contributed by atoms with Crippen LogP contribution in [0.15, 0.2) is 30.3 Å². The topological polar surface area (TPSA) is 23.5 Å². The summed E-state index contributed by atoms with van der Waals surface area (Å²) in [6.45, 7) is 7.53. The van der Waals surface area contributed by atoms with Crippen LogP contribution in [0.1, 0.15) is 38.9 Å². The minimum atomic E-state index is -0.409. The Labute approximate surface area is 105 Å². The maximum absolute atomic E-state index is 10.5. The monoisotopic (exact) mass is 235 g/mol. The Morgan fingerprint density at radius 2 is 1.76 bits per heavy atom. The summed E-state index contributed by atoms with van der Waals surface area (Å²) < 4.78 is 0. The maximum Gasteiger partial charge on any atom is 0.0947 e. The number of aliphatic hydroxyl groups is 1. The van der Waals surface area contributed by atoms with Crippen molar-refractivity contribution in [1.82, 2.24) is 4.90 Å². The van der Waals surface area contributed by atoms with Crippen molar-refractivity contribution in [2.24, 2.45) is 5.92 Å². The Hall–Kier alpha value is -0.860. The lowest BCUT2D eigenvalue weighted by atomic mass is 9.92. The number of aliphatic hydroxyl groups excluding tert-OH is 1. The smallest absolute Gasteiger partial charge is 0.0947 e. The van der Waals surface area contributed by atoms with Crippen LogP contribution in [0, 0.1) is 5.92 Å². The van der Waals surface area contributed by atoms with Gasteiger partial charge in [0.2, 0.25) is 0 Å². The van der Waals surface area contributed by atoms with Crippen molar-refractivity contribution in [3.8, 4) is 0 Å². The van der Waals surface area contributed by atoms with Crippen LogP contribution in [0.25, 0.3) is 0 Å². The minimum Gasteiger partial charge on any atom is -0.387 e. The largest absolute Gasteiger partial charge is 0.387 e. The number of likely N-dealkylation sites (N-methyl/N-ethyl adjacent to an activating group) is 1. The van der Waals surface area contributed by atoms with E-state index in [0.29, 0.717) is 5.92 Å². The molecule has 0 fully saturated rings. The second-order valence-corrected chi connectivity index (χ2v) is 5.07. The standard InChI is InChI=1S/C15H25NO/c1-5-11-16(4)14(12(2)3)15(17)13-9-7-6-8-10-13/h6-10,12,14-15,17H,5,11H2,1-4H3. The third-order valence-electron chi connectivity index (χ3n) is 3.23. The van der Waals surface area contributed by atoms with E-state index >= 15 is 0 Å². The van der Waals surface area contributed by atoms with E-state index in [1.165, 1.54) is 0 Å². The molecular weight excluding hydrogens is 210 g/mol. The molecule has 0 aliphatic heterocycles. The second-order valence-electron chi connectivity index (χ2n) is 5.07. The summed E-state index contributed by atoms with van der Waals surface area (Å²) in [5.41, 5.74) is 1.01. The molecule has 1 rings (SSSR count). The SMILES string of the molecule is CCCN(C)C(C(C)C)C(O)c1ccccc1. The lowest BCUT2D eigenvalue weighted by Crippen LogP contribution is -2.41. The maximum atomic E-state index is 10.5. The lowest BCUT2D eigenvalue weighted by Gasteiger charge is -2.35. The number of rotatable bonds is 6. The zero-order valence-corrected chi connectivity index (χ0v) is 11.4.